The Morgan fingerprint density at radius 2 is 1.49 bits per heavy atom. The second-order valence-corrected chi connectivity index (χ2v) is 12.7. The molecule has 0 aliphatic carbocycles. The lowest BCUT2D eigenvalue weighted by atomic mass is 10.3. The third-order valence-electron chi connectivity index (χ3n) is 5.53. The lowest BCUT2D eigenvalue weighted by Gasteiger charge is -2.26. The number of benzene rings is 3. The Balaban J connectivity index is 1.54. The molecular weight excluding hydrogens is 561 g/mol. The largest absolute Gasteiger partial charge is 0.379 e. The number of nitrogens with zero attached hydrogens (tertiary/aromatic N) is 2. The Morgan fingerprint density at radius 3 is 2.11 bits per heavy atom. The number of anilines is 2. The molecule has 3 aromatic rings. The van der Waals surface area contributed by atoms with Crippen molar-refractivity contribution >= 4 is 60.5 Å². The Bertz CT molecular complexity index is 1480. The van der Waals surface area contributed by atoms with Gasteiger partial charge in [-0.15, -0.1) is 0 Å². The quantitative estimate of drug-likeness (QED) is 0.431. The highest BCUT2D eigenvalue weighted by Crippen LogP contribution is 2.27. The molecule has 1 fully saturated rings. The highest BCUT2D eigenvalue weighted by atomic mass is 35.5. The molecule has 0 spiro atoms. The summed E-state index contributed by atoms with van der Waals surface area (Å²) in [7, 11) is -7.84. The van der Waals surface area contributed by atoms with E-state index in [1.54, 1.807) is 12.1 Å². The highest BCUT2D eigenvalue weighted by molar-refractivity contribution is 7.92. The summed E-state index contributed by atoms with van der Waals surface area (Å²) in [6.07, 6.45) is 0. The van der Waals surface area contributed by atoms with Crippen LogP contribution in [0.25, 0.3) is 0 Å². The molecule has 1 N–H and O–H groups in total. The number of hydrogen-bond acceptors (Lipinski definition) is 6. The van der Waals surface area contributed by atoms with E-state index in [9.17, 15) is 21.6 Å². The fraction of sp³-hybridized carbons (Fsp3) is 0.208. The number of halogens is 2. The minimum absolute atomic E-state index is 0.0534. The third-order valence-corrected chi connectivity index (χ3v) is 9.72. The molecule has 37 heavy (non-hydrogen) atoms. The Morgan fingerprint density at radius 1 is 0.865 bits per heavy atom. The molecule has 9 nitrogen and oxygen atoms in total. The van der Waals surface area contributed by atoms with E-state index in [1.165, 1.54) is 65.0 Å². The van der Waals surface area contributed by atoms with E-state index < -0.39 is 32.5 Å². The van der Waals surface area contributed by atoms with Crippen LogP contribution in [-0.4, -0.2) is 59.9 Å². The van der Waals surface area contributed by atoms with Crippen molar-refractivity contribution in [2.24, 2.45) is 0 Å². The minimum atomic E-state index is -4.15. The molecule has 0 radical (unpaired) electrons. The van der Waals surface area contributed by atoms with Crippen LogP contribution in [0.5, 0.6) is 0 Å². The van der Waals surface area contributed by atoms with Gasteiger partial charge in [-0.05, 0) is 66.7 Å². The van der Waals surface area contributed by atoms with Crippen LogP contribution < -0.4 is 9.62 Å². The van der Waals surface area contributed by atoms with Gasteiger partial charge in [0.15, 0.2) is 0 Å². The van der Waals surface area contributed by atoms with Gasteiger partial charge < -0.3 is 10.1 Å². The van der Waals surface area contributed by atoms with Gasteiger partial charge in [0.05, 0.1) is 28.7 Å². The molecular formula is C24H23Cl2N3O6S2. The van der Waals surface area contributed by atoms with Gasteiger partial charge in [0.1, 0.15) is 6.54 Å². The van der Waals surface area contributed by atoms with Crippen molar-refractivity contribution in [1.82, 2.24) is 4.31 Å². The van der Waals surface area contributed by atoms with Crippen LogP contribution in [0.1, 0.15) is 0 Å². The molecule has 1 saturated heterocycles. The van der Waals surface area contributed by atoms with Crippen molar-refractivity contribution < 1.29 is 26.4 Å². The average molecular weight is 585 g/mol. The molecule has 0 saturated carbocycles. The van der Waals surface area contributed by atoms with E-state index in [2.05, 4.69) is 5.32 Å². The van der Waals surface area contributed by atoms with Crippen molar-refractivity contribution in [2.75, 3.05) is 42.5 Å². The van der Waals surface area contributed by atoms with Gasteiger partial charge in [0.25, 0.3) is 10.0 Å². The molecule has 0 unspecified atom stereocenters. The van der Waals surface area contributed by atoms with E-state index in [1.807, 2.05) is 0 Å². The molecule has 0 aromatic heterocycles. The zero-order chi connectivity index (χ0) is 26.6. The van der Waals surface area contributed by atoms with E-state index in [0.29, 0.717) is 28.9 Å². The smallest absolute Gasteiger partial charge is 0.264 e. The number of amides is 1. The normalized spacial score (nSPS) is 14.8. The molecule has 196 valence electrons. The lowest BCUT2D eigenvalue weighted by molar-refractivity contribution is -0.114. The molecule has 0 atom stereocenters. The van der Waals surface area contributed by atoms with E-state index in [4.69, 9.17) is 27.9 Å². The van der Waals surface area contributed by atoms with Gasteiger partial charge in [0.2, 0.25) is 15.9 Å². The first-order valence-electron chi connectivity index (χ1n) is 11.1. The summed E-state index contributed by atoms with van der Waals surface area (Å²) in [5.74, 6) is -0.638. The lowest BCUT2D eigenvalue weighted by Crippen LogP contribution is -2.40. The topological polar surface area (TPSA) is 113 Å². The summed E-state index contributed by atoms with van der Waals surface area (Å²) >= 11 is 12.0. The van der Waals surface area contributed by atoms with Crippen LogP contribution >= 0.6 is 23.2 Å². The molecule has 1 heterocycles. The highest BCUT2D eigenvalue weighted by Gasteiger charge is 2.28. The van der Waals surface area contributed by atoms with Crippen molar-refractivity contribution in [3.63, 3.8) is 0 Å². The van der Waals surface area contributed by atoms with E-state index >= 15 is 0 Å². The molecule has 1 aliphatic rings. The second kappa shape index (κ2) is 11.4. The van der Waals surface area contributed by atoms with Crippen LogP contribution in [0.3, 0.4) is 0 Å². The maximum atomic E-state index is 13.4. The maximum Gasteiger partial charge on any atom is 0.264 e. The number of hydrogen-bond donors (Lipinski definition) is 1. The van der Waals surface area contributed by atoms with E-state index in [0.717, 1.165) is 4.31 Å². The monoisotopic (exact) mass is 583 g/mol. The summed E-state index contributed by atoms with van der Waals surface area (Å²) in [4.78, 5) is 13.0. The summed E-state index contributed by atoms with van der Waals surface area (Å²) in [6.45, 7) is 0.633. The molecule has 13 heteroatoms. The van der Waals surface area contributed by atoms with Crippen LogP contribution in [0.4, 0.5) is 11.4 Å². The summed E-state index contributed by atoms with van der Waals surface area (Å²) in [5, 5.41) is 3.28. The molecule has 3 aromatic carbocycles. The van der Waals surface area contributed by atoms with E-state index in [-0.39, 0.29) is 28.6 Å². The number of morpholine rings is 1. The summed E-state index contributed by atoms with van der Waals surface area (Å²) in [6, 6.07) is 17.4. The average Bonchev–Trinajstić information content (AvgIpc) is 2.88. The van der Waals surface area contributed by atoms with Crippen LogP contribution in [-0.2, 0) is 29.6 Å². The van der Waals surface area contributed by atoms with Gasteiger partial charge >= 0.3 is 0 Å². The zero-order valence-corrected chi connectivity index (χ0v) is 22.5. The zero-order valence-electron chi connectivity index (χ0n) is 19.4. The first-order chi connectivity index (χ1) is 17.6. The van der Waals surface area contributed by atoms with Crippen molar-refractivity contribution in [3.05, 3.63) is 82.8 Å². The minimum Gasteiger partial charge on any atom is -0.379 e. The Kier molecular flexibility index (Phi) is 8.42. The number of ether oxygens (including phenoxy) is 1. The van der Waals surface area contributed by atoms with Crippen molar-refractivity contribution in [2.45, 2.75) is 9.79 Å². The fourth-order valence-electron chi connectivity index (χ4n) is 3.66. The number of sulfonamides is 2. The van der Waals surface area contributed by atoms with Gasteiger partial charge in [-0.2, -0.15) is 4.31 Å². The predicted octanol–water partition coefficient (Wildman–Crippen LogP) is 3.85. The molecule has 1 aliphatic heterocycles. The van der Waals surface area contributed by atoms with Crippen molar-refractivity contribution in [1.29, 1.82) is 0 Å². The SMILES string of the molecule is O=C(CN(c1cccc(Cl)c1)S(=O)(=O)c1ccc(Cl)cc1)Nc1ccc(S(=O)(=O)N2CCOCC2)cc1. The molecule has 4 rings (SSSR count). The number of nitrogens with one attached hydrogen (secondary N) is 1. The Hall–Kier alpha value is -2.67. The van der Waals surface area contributed by atoms with Crippen LogP contribution in [0, 0.1) is 0 Å². The van der Waals surface area contributed by atoms with Gasteiger partial charge in [0, 0.05) is 28.8 Å². The van der Waals surface area contributed by atoms with Crippen molar-refractivity contribution in [3.8, 4) is 0 Å². The molecule has 1 amide bonds. The van der Waals surface area contributed by atoms with Gasteiger partial charge in [-0.3, -0.25) is 9.10 Å². The van der Waals surface area contributed by atoms with Gasteiger partial charge in [-0.25, -0.2) is 16.8 Å². The first kappa shape index (κ1) is 27.4. The number of rotatable bonds is 8. The van der Waals surface area contributed by atoms with Crippen LogP contribution in [0.2, 0.25) is 10.0 Å². The maximum absolute atomic E-state index is 13.4. The fourth-order valence-corrected chi connectivity index (χ4v) is 6.79. The third kappa shape index (κ3) is 6.43. The van der Waals surface area contributed by atoms with Gasteiger partial charge in [-0.1, -0.05) is 29.3 Å². The second-order valence-electron chi connectivity index (χ2n) is 8.03. The summed E-state index contributed by atoms with van der Waals surface area (Å²) in [5.41, 5.74) is 0.505. The summed E-state index contributed by atoms with van der Waals surface area (Å²) < 4.78 is 60.0. The number of carbonyl (C=O) groups excluding carboxylic acids is 1. The van der Waals surface area contributed by atoms with Crippen LogP contribution in [0.15, 0.2) is 82.6 Å². The Labute approximate surface area is 225 Å². The predicted molar refractivity (Wildman–Crippen MR) is 142 cm³/mol. The first-order valence-corrected chi connectivity index (χ1v) is 14.7. The molecule has 0 bridgehead atoms. The number of carbonyl (C=O) groups is 1. The standard InChI is InChI=1S/C24H23Cl2N3O6S2/c25-18-4-8-23(9-5-18)37(33,34)29(21-3-1-2-19(26)16-21)17-24(30)27-20-6-10-22(11-7-20)36(31,32)28-12-14-35-15-13-28/h1-11,16H,12-15,17H2,(H,27,30).